The molecule has 3 aromatic rings. The lowest BCUT2D eigenvalue weighted by molar-refractivity contribution is -0.120. The molecule has 1 aliphatic rings. The molecule has 0 saturated heterocycles. The van der Waals surface area contributed by atoms with E-state index in [1.807, 2.05) is 36.4 Å². The fourth-order valence-corrected chi connectivity index (χ4v) is 4.57. The Balaban J connectivity index is 1.15. The number of carbonyl (C=O) groups is 1. The fraction of sp³-hybridized carbons (Fsp3) is 0.391. The molecule has 0 atom stereocenters. The molecular weight excluding hydrogens is 412 g/mol. The van der Waals surface area contributed by atoms with Gasteiger partial charge in [0.25, 0.3) is 5.56 Å². The summed E-state index contributed by atoms with van der Waals surface area (Å²) in [6.45, 7) is 0.699. The smallest absolute Gasteiger partial charge is 0.259 e. The molecule has 162 valence electrons. The average molecular weight is 439 g/mol. The summed E-state index contributed by atoms with van der Waals surface area (Å²) in [7, 11) is 0. The van der Waals surface area contributed by atoms with Crippen LogP contribution >= 0.6 is 11.8 Å². The Hall–Kier alpha value is -2.87. The van der Waals surface area contributed by atoms with Gasteiger partial charge in [0.15, 0.2) is 5.16 Å². The van der Waals surface area contributed by atoms with E-state index in [0.29, 0.717) is 46.6 Å². The normalized spacial score (nSPS) is 18.6. The number of carbonyl (C=O) groups excluding carboxylic acids is 1. The number of para-hydroxylation sites is 1. The number of aromatic nitrogens is 3. The maximum absolute atomic E-state index is 12.2. The van der Waals surface area contributed by atoms with Crippen molar-refractivity contribution in [2.24, 2.45) is 5.92 Å². The van der Waals surface area contributed by atoms with E-state index in [1.165, 1.54) is 11.8 Å². The second-order valence-corrected chi connectivity index (χ2v) is 8.80. The number of nitrogens with one attached hydrogen (secondary N) is 2. The number of nitrogens with zero attached hydrogens (tertiary/aromatic N) is 2. The van der Waals surface area contributed by atoms with Crippen LogP contribution in [0.3, 0.4) is 0 Å². The molecule has 8 heteroatoms. The van der Waals surface area contributed by atoms with E-state index < -0.39 is 0 Å². The van der Waals surface area contributed by atoms with Crippen molar-refractivity contribution in [3.63, 3.8) is 0 Å². The molecule has 4 rings (SSSR count). The average Bonchev–Trinajstić information content (AvgIpc) is 2.79. The molecule has 0 unspecified atom stereocenters. The van der Waals surface area contributed by atoms with Crippen LogP contribution in [0.4, 0.5) is 0 Å². The molecule has 2 aromatic heterocycles. The lowest BCUT2D eigenvalue weighted by Crippen LogP contribution is -2.33. The second-order valence-electron chi connectivity index (χ2n) is 7.72. The Morgan fingerprint density at radius 3 is 2.74 bits per heavy atom. The summed E-state index contributed by atoms with van der Waals surface area (Å²) in [6.07, 6.45) is 6.36. The first-order valence-electron chi connectivity index (χ1n) is 10.6. The predicted molar refractivity (Wildman–Crippen MR) is 121 cm³/mol. The second kappa shape index (κ2) is 10.4. The molecule has 0 aliphatic heterocycles. The number of hydrogen-bond donors (Lipinski definition) is 2. The van der Waals surface area contributed by atoms with Crippen molar-refractivity contribution in [1.82, 2.24) is 20.3 Å². The van der Waals surface area contributed by atoms with Crippen molar-refractivity contribution >= 4 is 28.6 Å². The third-order valence-corrected chi connectivity index (χ3v) is 6.34. The van der Waals surface area contributed by atoms with Crippen LogP contribution in [-0.4, -0.2) is 39.3 Å². The first kappa shape index (κ1) is 21.4. The number of benzene rings is 1. The van der Waals surface area contributed by atoms with E-state index in [1.54, 1.807) is 12.3 Å². The number of thioether (sulfide) groups is 1. The van der Waals surface area contributed by atoms with Crippen LogP contribution in [0.15, 0.2) is 58.6 Å². The number of ether oxygens (including phenoxy) is 1. The highest BCUT2D eigenvalue weighted by Crippen LogP contribution is 2.26. The van der Waals surface area contributed by atoms with Crippen LogP contribution < -0.4 is 15.6 Å². The molecule has 1 aromatic carbocycles. The monoisotopic (exact) mass is 438 g/mol. The highest BCUT2D eigenvalue weighted by Gasteiger charge is 2.23. The standard InChI is InChI=1S/C23H26N4O3S/c28-20(12-14-31-23-26-19-6-2-1-5-18(19)22(29)27-23)25-15-16-8-10-17(11-9-16)30-21-7-3-4-13-24-21/h1-7,13,16-17H,8-12,14-15H2,(H,25,28)(H,26,27,29). The van der Waals surface area contributed by atoms with Gasteiger partial charge in [-0.15, -0.1) is 0 Å². The number of fused-ring (bicyclic) bond motifs is 1. The largest absolute Gasteiger partial charge is 0.474 e. The first-order valence-corrected chi connectivity index (χ1v) is 11.6. The highest BCUT2D eigenvalue weighted by molar-refractivity contribution is 7.99. The minimum absolute atomic E-state index is 0.0301. The van der Waals surface area contributed by atoms with Gasteiger partial charge in [-0.25, -0.2) is 9.97 Å². The van der Waals surface area contributed by atoms with E-state index >= 15 is 0 Å². The maximum Gasteiger partial charge on any atom is 0.259 e. The van der Waals surface area contributed by atoms with Crippen LogP contribution in [0.1, 0.15) is 32.1 Å². The molecular formula is C23H26N4O3S. The fourth-order valence-electron chi connectivity index (χ4n) is 3.76. The van der Waals surface area contributed by atoms with Gasteiger partial charge >= 0.3 is 0 Å². The number of amides is 1. The third kappa shape index (κ3) is 6.07. The number of H-pyrrole nitrogens is 1. The van der Waals surface area contributed by atoms with Gasteiger partial charge < -0.3 is 15.0 Å². The van der Waals surface area contributed by atoms with Gasteiger partial charge in [0.05, 0.1) is 10.9 Å². The van der Waals surface area contributed by atoms with Crippen LogP contribution in [-0.2, 0) is 4.79 Å². The van der Waals surface area contributed by atoms with E-state index in [2.05, 4.69) is 20.3 Å². The Bertz CT molecular complexity index is 1070. The lowest BCUT2D eigenvalue weighted by atomic mass is 9.87. The quantitative estimate of drug-likeness (QED) is 0.412. The molecule has 0 radical (unpaired) electrons. The molecule has 0 bridgehead atoms. The Labute approximate surface area is 185 Å². The van der Waals surface area contributed by atoms with Gasteiger partial charge in [-0.05, 0) is 49.8 Å². The number of hydrogen-bond acceptors (Lipinski definition) is 6. The van der Waals surface area contributed by atoms with Crippen molar-refractivity contribution in [1.29, 1.82) is 0 Å². The van der Waals surface area contributed by atoms with Crippen LogP contribution in [0, 0.1) is 5.92 Å². The zero-order chi connectivity index (χ0) is 21.5. The van der Waals surface area contributed by atoms with E-state index in [4.69, 9.17) is 4.74 Å². The molecule has 31 heavy (non-hydrogen) atoms. The first-order chi connectivity index (χ1) is 15.2. The van der Waals surface area contributed by atoms with Crippen molar-refractivity contribution in [2.45, 2.75) is 43.4 Å². The van der Waals surface area contributed by atoms with Crippen molar-refractivity contribution in [2.75, 3.05) is 12.3 Å². The van der Waals surface area contributed by atoms with Gasteiger partial charge in [-0.2, -0.15) is 0 Å². The summed E-state index contributed by atoms with van der Waals surface area (Å²) in [5.41, 5.74) is 0.515. The Morgan fingerprint density at radius 1 is 1.13 bits per heavy atom. The Morgan fingerprint density at radius 2 is 1.94 bits per heavy atom. The minimum atomic E-state index is -0.153. The Kier molecular flexibility index (Phi) is 7.19. The topological polar surface area (TPSA) is 97.0 Å². The molecule has 0 spiro atoms. The number of rotatable bonds is 8. The summed E-state index contributed by atoms with van der Waals surface area (Å²) in [5, 5.41) is 4.16. The lowest BCUT2D eigenvalue weighted by Gasteiger charge is -2.28. The highest BCUT2D eigenvalue weighted by atomic mass is 32.2. The molecule has 1 amide bonds. The summed E-state index contributed by atoms with van der Waals surface area (Å²) in [4.78, 5) is 35.8. The van der Waals surface area contributed by atoms with E-state index in [0.717, 1.165) is 25.7 Å². The van der Waals surface area contributed by atoms with Crippen LogP contribution in [0.5, 0.6) is 5.88 Å². The van der Waals surface area contributed by atoms with Crippen molar-refractivity contribution < 1.29 is 9.53 Å². The summed E-state index contributed by atoms with van der Waals surface area (Å²) in [6, 6.07) is 12.9. The molecule has 1 aliphatic carbocycles. The molecule has 1 saturated carbocycles. The van der Waals surface area contributed by atoms with E-state index in [9.17, 15) is 9.59 Å². The van der Waals surface area contributed by atoms with Crippen molar-refractivity contribution in [3.05, 3.63) is 59.0 Å². The van der Waals surface area contributed by atoms with Crippen LogP contribution in [0.25, 0.3) is 10.9 Å². The van der Waals surface area contributed by atoms with Crippen LogP contribution in [0.2, 0.25) is 0 Å². The minimum Gasteiger partial charge on any atom is -0.474 e. The summed E-state index contributed by atoms with van der Waals surface area (Å²) >= 11 is 1.39. The molecule has 2 heterocycles. The summed E-state index contributed by atoms with van der Waals surface area (Å²) in [5.74, 6) is 1.76. The van der Waals surface area contributed by atoms with Gasteiger partial charge in [0.1, 0.15) is 6.10 Å². The zero-order valence-corrected chi connectivity index (χ0v) is 18.1. The van der Waals surface area contributed by atoms with Gasteiger partial charge in [-0.3, -0.25) is 9.59 Å². The van der Waals surface area contributed by atoms with Gasteiger partial charge in [0.2, 0.25) is 11.8 Å². The van der Waals surface area contributed by atoms with Crippen molar-refractivity contribution in [3.8, 4) is 5.88 Å². The molecule has 1 fully saturated rings. The maximum atomic E-state index is 12.2. The zero-order valence-electron chi connectivity index (χ0n) is 17.3. The molecule has 7 nitrogen and oxygen atoms in total. The summed E-state index contributed by atoms with van der Waals surface area (Å²) < 4.78 is 5.93. The van der Waals surface area contributed by atoms with Gasteiger partial charge in [-0.1, -0.05) is 30.0 Å². The number of aromatic amines is 1. The number of pyridine rings is 1. The van der Waals surface area contributed by atoms with E-state index in [-0.39, 0.29) is 17.6 Å². The predicted octanol–water partition coefficient (Wildman–Crippen LogP) is 3.55. The SMILES string of the molecule is O=C(CCSc1nc2ccccc2c(=O)[nH]1)NCC1CCC(Oc2ccccn2)CC1. The molecule has 2 N–H and O–H groups in total. The van der Waals surface area contributed by atoms with Gasteiger partial charge in [0, 0.05) is 31.0 Å². The third-order valence-electron chi connectivity index (χ3n) is 5.47.